The largest absolute Gasteiger partial charge is 0.316 e. The monoisotopic (exact) mass is 210 g/mol. The molecule has 2 unspecified atom stereocenters. The molecule has 1 N–H and O–H groups in total. The van der Waals surface area contributed by atoms with E-state index in [4.69, 9.17) is 0 Å². The number of hydrogen-bond acceptors (Lipinski definition) is 3. The molecule has 78 valence electrons. The third kappa shape index (κ3) is 2.16. The number of rotatable bonds is 2. The van der Waals surface area contributed by atoms with Gasteiger partial charge >= 0.3 is 0 Å². The molecule has 1 aliphatic heterocycles. The lowest BCUT2D eigenvalue weighted by Crippen LogP contribution is -2.45. The molecule has 1 saturated heterocycles. The maximum atomic E-state index is 3.39. The molecule has 0 spiro atoms. The Kier molecular flexibility index (Phi) is 3.21. The fourth-order valence-electron chi connectivity index (χ4n) is 2.26. The van der Waals surface area contributed by atoms with Gasteiger partial charge in [0.1, 0.15) is 0 Å². The molecule has 14 heavy (non-hydrogen) atoms. The minimum absolute atomic E-state index is 0.654. The predicted octanol–water partition coefficient (Wildman–Crippen LogP) is 1.76. The van der Waals surface area contributed by atoms with Crippen molar-refractivity contribution in [3.63, 3.8) is 0 Å². The summed E-state index contributed by atoms with van der Waals surface area (Å²) in [4.78, 5) is 3.96. The van der Waals surface area contributed by atoms with Gasteiger partial charge in [-0.1, -0.05) is 6.07 Å². The van der Waals surface area contributed by atoms with Crippen molar-refractivity contribution in [2.45, 2.75) is 18.4 Å². The summed E-state index contributed by atoms with van der Waals surface area (Å²) >= 11 is 1.89. The Hall–Kier alpha value is -0.380. The van der Waals surface area contributed by atoms with Gasteiger partial charge in [0.05, 0.1) is 0 Å². The van der Waals surface area contributed by atoms with Gasteiger partial charge in [-0.25, -0.2) is 0 Å². The highest BCUT2D eigenvalue weighted by Gasteiger charge is 2.25. The highest BCUT2D eigenvalue weighted by atomic mass is 32.1. The van der Waals surface area contributed by atoms with Gasteiger partial charge in [-0.15, -0.1) is 11.3 Å². The maximum Gasteiger partial charge on any atom is 0.0198 e. The lowest BCUT2D eigenvalue weighted by Gasteiger charge is -2.35. The lowest BCUT2D eigenvalue weighted by molar-refractivity contribution is 0.212. The summed E-state index contributed by atoms with van der Waals surface area (Å²) in [6.45, 7) is 2.39. The second-order valence-electron chi connectivity index (χ2n) is 4.15. The number of hydrogen-bond donors (Lipinski definition) is 1. The molecule has 0 amide bonds. The van der Waals surface area contributed by atoms with Crippen molar-refractivity contribution in [1.29, 1.82) is 0 Å². The van der Waals surface area contributed by atoms with E-state index in [1.807, 2.05) is 11.3 Å². The molecule has 2 atom stereocenters. The van der Waals surface area contributed by atoms with Crippen LogP contribution in [0.3, 0.4) is 0 Å². The van der Waals surface area contributed by atoms with Crippen LogP contribution >= 0.6 is 11.3 Å². The van der Waals surface area contributed by atoms with Gasteiger partial charge in [0.25, 0.3) is 0 Å². The fourth-order valence-corrected chi connectivity index (χ4v) is 3.09. The first-order valence-corrected chi connectivity index (χ1v) is 6.06. The van der Waals surface area contributed by atoms with Crippen molar-refractivity contribution in [3.8, 4) is 0 Å². The number of thiophene rings is 1. The summed E-state index contributed by atoms with van der Waals surface area (Å²) in [5.41, 5.74) is 0. The summed E-state index contributed by atoms with van der Waals surface area (Å²) in [6, 6.07) is 5.07. The van der Waals surface area contributed by atoms with Crippen LogP contribution in [0.1, 0.15) is 17.2 Å². The summed E-state index contributed by atoms with van der Waals surface area (Å²) in [7, 11) is 4.28. The van der Waals surface area contributed by atoms with Crippen molar-refractivity contribution >= 4 is 11.3 Å². The molecular formula is C11H18N2S. The molecule has 0 aromatic carbocycles. The van der Waals surface area contributed by atoms with E-state index >= 15 is 0 Å². The molecule has 0 saturated carbocycles. The predicted molar refractivity (Wildman–Crippen MR) is 62.0 cm³/mol. The minimum Gasteiger partial charge on any atom is -0.316 e. The van der Waals surface area contributed by atoms with E-state index < -0.39 is 0 Å². The van der Waals surface area contributed by atoms with Crippen LogP contribution in [0.25, 0.3) is 0 Å². The SMILES string of the molecule is CNC1CC(c2cccs2)CN(C)C1. The van der Waals surface area contributed by atoms with E-state index in [-0.39, 0.29) is 0 Å². The molecular weight excluding hydrogens is 192 g/mol. The van der Waals surface area contributed by atoms with Gasteiger partial charge < -0.3 is 10.2 Å². The van der Waals surface area contributed by atoms with Crippen molar-refractivity contribution in [1.82, 2.24) is 10.2 Å². The third-order valence-corrected chi connectivity index (χ3v) is 4.02. The van der Waals surface area contributed by atoms with Crippen LogP contribution in [-0.4, -0.2) is 38.1 Å². The first kappa shape index (κ1) is 10.1. The smallest absolute Gasteiger partial charge is 0.0198 e. The molecule has 2 nitrogen and oxygen atoms in total. The molecule has 1 aromatic rings. The van der Waals surface area contributed by atoms with E-state index in [1.165, 1.54) is 24.4 Å². The van der Waals surface area contributed by atoms with Gasteiger partial charge in [-0.05, 0) is 32.0 Å². The molecule has 1 fully saturated rings. The Morgan fingerprint density at radius 2 is 2.36 bits per heavy atom. The third-order valence-electron chi connectivity index (χ3n) is 2.99. The van der Waals surface area contributed by atoms with E-state index in [9.17, 15) is 0 Å². The van der Waals surface area contributed by atoms with Crippen LogP contribution in [0, 0.1) is 0 Å². The van der Waals surface area contributed by atoms with E-state index in [1.54, 1.807) is 0 Å². The second-order valence-corrected chi connectivity index (χ2v) is 5.13. The van der Waals surface area contributed by atoms with Crippen molar-refractivity contribution in [2.24, 2.45) is 0 Å². The van der Waals surface area contributed by atoms with Crippen molar-refractivity contribution in [3.05, 3.63) is 22.4 Å². The van der Waals surface area contributed by atoms with Crippen LogP contribution in [0.4, 0.5) is 0 Å². The van der Waals surface area contributed by atoms with E-state index in [2.05, 4.69) is 41.8 Å². The second kappa shape index (κ2) is 4.43. The topological polar surface area (TPSA) is 15.3 Å². The zero-order valence-corrected chi connectivity index (χ0v) is 9.68. The molecule has 1 aliphatic rings. The zero-order valence-electron chi connectivity index (χ0n) is 8.86. The Morgan fingerprint density at radius 3 is 3.00 bits per heavy atom. The van der Waals surface area contributed by atoms with Gasteiger partial charge in [0.15, 0.2) is 0 Å². The maximum absolute atomic E-state index is 3.39. The molecule has 2 rings (SSSR count). The molecule has 3 heteroatoms. The minimum atomic E-state index is 0.654. The summed E-state index contributed by atoms with van der Waals surface area (Å²) in [5, 5.41) is 5.57. The first-order valence-electron chi connectivity index (χ1n) is 5.19. The first-order chi connectivity index (χ1) is 6.79. The van der Waals surface area contributed by atoms with Crippen LogP contribution in [0.5, 0.6) is 0 Å². The average molecular weight is 210 g/mol. The van der Waals surface area contributed by atoms with Crippen molar-refractivity contribution in [2.75, 3.05) is 27.2 Å². The normalized spacial score (nSPS) is 29.3. The zero-order chi connectivity index (χ0) is 9.97. The van der Waals surface area contributed by atoms with Gasteiger partial charge in [0, 0.05) is 29.9 Å². The number of likely N-dealkylation sites (tertiary alicyclic amines) is 1. The average Bonchev–Trinajstić information content (AvgIpc) is 2.69. The molecule has 1 aromatic heterocycles. The van der Waals surface area contributed by atoms with E-state index in [0.717, 1.165) is 5.92 Å². The molecule has 2 heterocycles. The Balaban J connectivity index is 2.05. The summed E-state index contributed by atoms with van der Waals surface area (Å²) in [6.07, 6.45) is 1.28. The fraction of sp³-hybridized carbons (Fsp3) is 0.636. The Labute approximate surface area is 89.9 Å². The van der Waals surface area contributed by atoms with E-state index in [0.29, 0.717) is 6.04 Å². The molecule has 0 bridgehead atoms. The standard InChI is InChI=1S/C11H18N2S/c1-12-10-6-9(7-13(2)8-10)11-4-3-5-14-11/h3-5,9-10,12H,6-8H2,1-2H3. The summed E-state index contributed by atoms with van der Waals surface area (Å²) in [5.74, 6) is 0.728. The number of nitrogens with zero attached hydrogens (tertiary/aromatic N) is 1. The van der Waals surface area contributed by atoms with Gasteiger partial charge in [0.2, 0.25) is 0 Å². The number of piperidine rings is 1. The Morgan fingerprint density at radius 1 is 1.50 bits per heavy atom. The lowest BCUT2D eigenvalue weighted by atomic mass is 9.93. The van der Waals surface area contributed by atoms with Crippen LogP contribution in [0.15, 0.2) is 17.5 Å². The van der Waals surface area contributed by atoms with Crippen LogP contribution in [-0.2, 0) is 0 Å². The van der Waals surface area contributed by atoms with Gasteiger partial charge in [-0.2, -0.15) is 0 Å². The number of nitrogens with one attached hydrogen (secondary N) is 1. The highest BCUT2D eigenvalue weighted by Crippen LogP contribution is 2.29. The van der Waals surface area contributed by atoms with Crippen molar-refractivity contribution < 1.29 is 0 Å². The van der Waals surface area contributed by atoms with Crippen LogP contribution in [0.2, 0.25) is 0 Å². The summed E-state index contributed by atoms with van der Waals surface area (Å²) < 4.78 is 0. The molecule has 0 aliphatic carbocycles. The molecule has 0 radical (unpaired) electrons. The number of likely N-dealkylation sites (N-methyl/N-ethyl adjacent to an activating group) is 2. The van der Waals surface area contributed by atoms with Gasteiger partial charge in [-0.3, -0.25) is 0 Å². The highest BCUT2D eigenvalue weighted by molar-refractivity contribution is 7.10. The Bertz CT molecular complexity index is 271. The quantitative estimate of drug-likeness (QED) is 0.800. The van der Waals surface area contributed by atoms with Crippen LogP contribution < -0.4 is 5.32 Å².